The first-order chi connectivity index (χ1) is 16.5. The van der Waals surface area contributed by atoms with Crippen LogP contribution in [0.4, 0.5) is 0 Å². The summed E-state index contributed by atoms with van der Waals surface area (Å²) in [5.74, 6) is -0.653. The zero-order valence-electron chi connectivity index (χ0n) is 19.2. The summed E-state index contributed by atoms with van der Waals surface area (Å²) < 4.78 is 0. The number of benzene rings is 3. The lowest BCUT2D eigenvalue weighted by Gasteiger charge is -2.33. The molecule has 5 heteroatoms. The monoisotopic (exact) mass is 452 g/mol. The molecule has 1 aliphatic heterocycles. The summed E-state index contributed by atoms with van der Waals surface area (Å²) in [4.78, 5) is 13.5. The van der Waals surface area contributed by atoms with Crippen molar-refractivity contribution >= 4 is 18.1 Å². The Morgan fingerprint density at radius 1 is 1.09 bits per heavy atom. The molecule has 5 nitrogen and oxygen atoms in total. The normalized spacial score (nSPS) is 16.4. The summed E-state index contributed by atoms with van der Waals surface area (Å²) in [5, 5.41) is 30.1. The second-order valence-electron chi connectivity index (χ2n) is 8.74. The van der Waals surface area contributed by atoms with Gasteiger partial charge in [-0.1, -0.05) is 73.2 Å². The van der Waals surface area contributed by atoms with Crippen molar-refractivity contribution in [3.63, 3.8) is 0 Å². The number of rotatable bonds is 6. The van der Waals surface area contributed by atoms with E-state index in [1.807, 2.05) is 78.6 Å². The van der Waals surface area contributed by atoms with Gasteiger partial charge >= 0.3 is 5.97 Å². The number of nitriles is 1. The van der Waals surface area contributed by atoms with E-state index in [1.165, 1.54) is 0 Å². The fourth-order valence-corrected chi connectivity index (χ4v) is 4.63. The van der Waals surface area contributed by atoms with Gasteiger partial charge in [0.25, 0.3) is 0 Å². The van der Waals surface area contributed by atoms with E-state index >= 15 is 0 Å². The van der Waals surface area contributed by atoms with Gasteiger partial charge in [-0.15, -0.1) is 0 Å². The molecule has 3 aromatic carbocycles. The summed E-state index contributed by atoms with van der Waals surface area (Å²) in [6.45, 7) is 3.09. The van der Waals surface area contributed by atoms with Gasteiger partial charge in [-0.2, -0.15) is 5.26 Å². The van der Waals surface area contributed by atoms with Crippen LogP contribution in [-0.2, 0) is 11.3 Å². The maximum Gasteiger partial charge on any atom is 0.320 e. The van der Waals surface area contributed by atoms with Gasteiger partial charge in [-0.3, -0.25) is 9.69 Å². The molecule has 0 aromatic heterocycles. The average molecular weight is 453 g/mol. The Labute approximate surface area is 200 Å². The van der Waals surface area contributed by atoms with Crippen molar-refractivity contribution < 1.29 is 15.0 Å². The first-order valence-corrected chi connectivity index (χ1v) is 11.5. The Kier molecular flexibility index (Phi) is 7.10. The van der Waals surface area contributed by atoms with Crippen LogP contribution in [0.1, 0.15) is 47.1 Å². The number of carboxylic acids is 1. The molecule has 0 amide bonds. The molecule has 172 valence electrons. The van der Waals surface area contributed by atoms with Crippen LogP contribution in [0.15, 0.2) is 60.7 Å². The molecular formula is C29H28N2O3. The van der Waals surface area contributed by atoms with E-state index in [0.717, 1.165) is 46.2 Å². The number of aryl methyl sites for hydroxylation is 1. The zero-order chi connectivity index (χ0) is 24.1. The number of nitrogens with zero attached hydrogens (tertiary/aromatic N) is 2. The van der Waals surface area contributed by atoms with Crippen LogP contribution in [0.3, 0.4) is 0 Å². The van der Waals surface area contributed by atoms with Crippen LogP contribution < -0.4 is 0 Å². The lowest BCUT2D eigenvalue weighted by molar-refractivity contribution is -0.144. The van der Waals surface area contributed by atoms with Gasteiger partial charge in [0.15, 0.2) is 0 Å². The van der Waals surface area contributed by atoms with E-state index in [2.05, 4.69) is 6.07 Å². The van der Waals surface area contributed by atoms with Crippen LogP contribution in [0.2, 0.25) is 0 Å². The number of aliphatic carboxylic acids is 1. The summed E-state index contributed by atoms with van der Waals surface area (Å²) in [7, 11) is 0. The molecule has 1 aliphatic rings. The summed E-state index contributed by atoms with van der Waals surface area (Å²) in [6, 6.07) is 21.1. The topological polar surface area (TPSA) is 84.6 Å². The van der Waals surface area contributed by atoms with Crippen molar-refractivity contribution in [1.82, 2.24) is 4.90 Å². The highest BCUT2D eigenvalue weighted by Gasteiger charge is 2.28. The molecule has 0 bridgehead atoms. The number of hydrogen-bond acceptors (Lipinski definition) is 4. The predicted molar refractivity (Wildman–Crippen MR) is 134 cm³/mol. The van der Waals surface area contributed by atoms with Crippen LogP contribution in [0, 0.1) is 18.3 Å². The molecule has 0 spiro atoms. The largest absolute Gasteiger partial charge is 0.508 e. The van der Waals surface area contributed by atoms with Crippen LogP contribution >= 0.6 is 0 Å². The van der Waals surface area contributed by atoms with Crippen LogP contribution in [0.25, 0.3) is 23.3 Å². The predicted octanol–water partition coefficient (Wildman–Crippen LogP) is 5.85. The molecule has 3 aromatic rings. The first-order valence-electron chi connectivity index (χ1n) is 11.5. The van der Waals surface area contributed by atoms with Crippen molar-refractivity contribution in [1.29, 1.82) is 5.26 Å². The minimum atomic E-state index is -0.804. The molecule has 1 unspecified atom stereocenters. The molecule has 1 fully saturated rings. The molecule has 0 saturated carbocycles. The number of piperidine rings is 1. The van der Waals surface area contributed by atoms with E-state index in [4.69, 9.17) is 0 Å². The maximum absolute atomic E-state index is 11.6. The van der Waals surface area contributed by atoms with Gasteiger partial charge in [-0.05, 0) is 54.6 Å². The Bertz CT molecular complexity index is 1260. The van der Waals surface area contributed by atoms with Crippen molar-refractivity contribution in [2.75, 3.05) is 6.54 Å². The van der Waals surface area contributed by atoms with Gasteiger partial charge in [-0.25, -0.2) is 0 Å². The number of aromatic hydroxyl groups is 1. The second kappa shape index (κ2) is 10.4. The number of carboxylic acid groups (broad SMARTS) is 1. The maximum atomic E-state index is 11.6. The Morgan fingerprint density at radius 3 is 2.59 bits per heavy atom. The zero-order valence-corrected chi connectivity index (χ0v) is 19.2. The number of phenolic OH excluding ortho intramolecular Hbond substituents is 1. The first kappa shape index (κ1) is 23.3. The molecule has 2 N–H and O–H groups in total. The van der Waals surface area contributed by atoms with Crippen molar-refractivity contribution in [3.8, 4) is 22.9 Å². The third-order valence-corrected chi connectivity index (χ3v) is 6.48. The standard InChI is InChI=1S/C29H28N2O3/c1-20-16-24(19-31-15-6-5-12-27(31)29(33)34)28(32)17-23(20)14-13-22-10-7-11-25(26(22)18-30)21-8-3-2-4-9-21/h2-4,7-11,13-14,16-17,27,32H,5-6,12,15,19H2,1H3,(H,33,34)/b14-13+. The fraction of sp³-hybridized carbons (Fsp3) is 0.241. The van der Waals surface area contributed by atoms with Gasteiger partial charge in [0.1, 0.15) is 17.9 Å². The van der Waals surface area contributed by atoms with Gasteiger partial charge in [0, 0.05) is 17.7 Å². The molecular weight excluding hydrogens is 424 g/mol. The Morgan fingerprint density at radius 2 is 1.85 bits per heavy atom. The summed E-state index contributed by atoms with van der Waals surface area (Å²) in [6.07, 6.45) is 6.33. The molecule has 1 saturated heterocycles. The van der Waals surface area contributed by atoms with E-state index < -0.39 is 12.0 Å². The van der Waals surface area contributed by atoms with Crippen LogP contribution in [-0.4, -0.2) is 33.7 Å². The van der Waals surface area contributed by atoms with E-state index in [1.54, 1.807) is 6.07 Å². The quantitative estimate of drug-likeness (QED) is 0.458. The second-order valence-corrected chi connectivity index (χ2v) is 8.74. The van der Waals surface area contributed by atoms with Gasteiger partial charge < -0.3 is 10.2 Å². The Balaban J connectivity index is 1.60. The van der Waals surface area contributed by atoms with E-state index in [9.17, 15) is 20.3 Å². The van der Waals surface area contributed by atoms with Gasteiger partial charge in [0.05, 0.1) is 5.56 Å². The van der Waals surface area contributed by atoms with Crippen molar-refractivity contribution in [2.45, 2.75) is 38.8 Å². The van der Waals surface area contributed by atoms with Crippen LogP contribution in [0.5, 0.6) is 5.75 Å². The summed E-state index contributed by atoms with van der Waals surface area (Å²) in [5.41, 5.74) is 5.85. The molecule has 1 heterocycles. The fourth-order valence-electron chi connectivity index (χ4n) is 4.63. The number of hydrogen-bond donors (Lipinski definition) is 2. The number of phenols is 1. The lowest BCUT2D eigenvalue weighted by Crippen LogP contribution is -2.44. The Hall–Kier alpha value is -3.88. The third-order valence-electron chi connectivity index (χ3n) is 6.48. The molecule has 0 aliphatic carbocycles. The highest BCUT2D eigenvalue weighted by Crippen LogP contribution is 2.30. The number of carbonyl (C=O) groups is 1. The SMILES string of the molecule is Cc1cc(CN2CCCCC2C(=O)O)c(O)cc1/C=C/c1cccc(-c2ccccc2)c1C#N. The van der Waals surface area contributed by atoms with E-state index in [-0.39, 0.29) is 5.75 Å². The minimum Gasteiger partial charge on any atom is -0.508 e. The molecule has 1 atom stereocenters. The van der Waals surface area contributed by atoms with Gasteiger partial charge in [0.2, 0.25) is 0 Å². The highest BCUT2D eigenvalue weighted by molar-refractivity contribution is 5.81. The van der Waals surface area contributed by atoms with Crippen molar-refractivity contribution in [2.24, 2.45) is 0 Å². The summed E-state index contributed by atoms with van der Waals surface area (Å²) >= 11 is 0. The third kappa shape index (κ3) is 5.03. The minimum absolute atomic E-state index is 0.151. The smallest absolute Gasteiger partial charge is 0.320 e. The lowest BCUT2D eigenvalue weighted by atomic mass is 9.95. The van der Waals surface area contributed by atoms with E-state index in [0.29, 0.717) is 25.1 Å². The molecule has 0 radical (unpaired) electrons. The molecule has 34 heavy (non-hydrogen) atoms. The highest BCUT2D eigenvalue weighted by atomic mass is 16.4. The number of likely N-dealkylation sites (tertiary alicyclic amines) is 1. The molecule has 4 rings (SSSR count). The average Bonchev–Trinajstić information content (AvgIpc) is 2.85. The van der Waals surface area contributed by atoms with Crippen molar-refractivity contribution in [3.05, 3.63) is 88.5 Å².